The first kappa shape index (κ1) is 21.5. The third-order valence-electron chi connectivity index (χ3n) is 3.64. The van der Waals surface area contributed by atoms with E-state index < -0.39 is 0 Å². The summed E-state index contributed by atoms with van der Waals surface area (Å²) in [6.45, 7) is 0. The van der Waals surface area contributed by atoms with Crippen LogP contribution in [0.3, 0.4) is 0 Å². The van der Waals surface area contributed by atoms with Crippen LogP contribution in [0.1, 0.15) is 0 Å². The SMILES string of the molecule is Ic1ccc(Oc2nc(Oc3ccc(I)cc3)nc(Oc3ccc(I)cc3)n2)cc1. The summed E-state index contributed by atoms with van der Waals surface area (Å²) in [5.41, 5.74) is 0. The third-order valence-corrected chi connectivity index (χ3v) is 5.80. The number of rotatable bonds is 6. The smallest absolute Gasteiger partial charge is 0.331 e. The normalized spacial score (nSPS) is 10.5. The molecule has 0 fully saturated rings. The fraction of sp³-hybridized carbons (Fsp3) is 0. The van der Waals surface area contributed by atoms with E-state index in [1.165, 1.54) is 0 Å². The second-order valence-corrected chi connectivity index (χ2v) is 9.59. The molecule has 4 rings (SSSR count). The average Bonchev–Trinajstić information content (AvgIpc) is 2.73. The van der Waals surface area contributed by atoms with Gasteiger partial charge in [0.05, 0.1) is 0 Å². The van der Waals surface area contributed by atoms with Gasteiger partial charge in [-0.15, -0.1) is 15.0 Å². The van der Waals surface area contributed by atoms with Crippen LogP contribution in [0.4, 0.5) is 0 Å². The van der Waals surface area contributed by atoms with Crippen LogP contribution in [-0.2, 0) is 0 Å². The van der Waals surface area contributed by atoms with Gasteiger partial charge in [-0.05, 0) is 141 Å². The van der Waals surface area contributed by atoms with E-state index in [2.05, 4.69) is 82.7 Å². The quantitative estimate of drug-likeness (QED) is 0.198. The van der Waals surface area contributed by atoms with Gasteiger partial charge in [-0.1, -0.05) is 0 Å². The van der Waals surface area contributed by atoms with E-state index in [0.29, 0.717) is 17.2 Å². The highest BCUT2D eigenvalue weighted by Crippen LogP contribution is 2.27. The Hall–Kier alpha value is -1.74. The highest BCUT2D eigenvalue weighted by molar-refractivity contribution is 14.1. The van der Waals surface area contributed by atoms with Crippen molar-refractivity contribution in [3.63, 3.8) is 0 Å². The van der Waals surface area contributed by atoms with Gasteiger partial charge in [0.2, 0.25) is 0 Å². The number of hydrogen-bond acceptors (Lipinski definition) is 6. The number of ether oxygens (including phenoxy) is 3. The van der Waals surface area contributed by atoms with E-state index in [4.69, 9.17) is 14.2 Å². The third kappa shape index (κ3) is 6.14. The zero-order chi connectivity index (χ0) is 20.9. The van der Waals surface area contributed by atoms with E-state index >= 15 is 0 Å². The molecule has 30 heavy (non-hydrogen) atoms. The summed E-state index contributed by atoms with van der Waals surface area (Å²) in [6, 6.07) is 22.9. The molecule has 6 nitrogen and oxygen atoms in total. The van der Waals surface area contributed by atoms with Crippen molar-refractivity contribution in [3.8, 4) is 35.3 Å². The van der Waals surface area contributed by atoms with E-state index in [1.54, 1.807) is 0 Å². The van der Waals surface area contributed by atoms with Gasteiger partial charge < -0.3 is 14.2 Å². The lowest BCUT2D eigenvalue weighted by Crippen LogP contribution is -2.01. The molecular weight excluding hydrogens is 723 g/mol. The largest absolute Gasteiger partial charge is 0.424 e. The van der Waals surface area contributed by atoms with E-state index in [9.17, 15) is 0 Å². The van der Waals surface area contributed by atoms with Crippen molar-refractivity contribution >= 4 is 67.8 Å². The van der Waals surface area contributed by atoms with Crippen LogP contribution in [0.5, 0.6) is 35.3 Å². The molecule has 0 bridgehead atoms. The van der Waals surface area contributed by atoms with E-state index in [1.807, 2.05) is 72.8 Å². The fourth-order valence-corrected chi connectivity index (χ4v) is 3.36. The molecule has 0 radical (unpaired) electrons. The molecule has 9 heteroatoms. The minimum Gasteiger partial charge on any atom is -0.424 e. The molecule has 0 aliphatic carbocycles. The summed E-state index contributed by atoms with van der Waals surface area (Å²) in [5.74, 6) is 1.80. The molecule has 4 aromatic rings. The topological polar surface area (TPSA) is 66.4 Å². The summed E-state index contributed by atoms with van der Waals surface area (Å²) in [4.78, 5) is 12.8. The Morgan fingerprint density at radius 3 is 0.867 bits per heavy atom. The molecule has 0 saturated carbocycles. The van der Waals surface area contributed by atoms with Crippen molar-refractivity contribution in [1.82, 2.24) is 15.0 Å². The summed E-state index contributed by atoms with van der Waals surface area (Å²) in [5, 5.41) is 0. The second kappa shape index (κ2) is 10.0. The number of nitrogens with zero attached hydrogens (tertiary/aromatic N) is 3. The monoisotopic (exact) mass is 735 g/mol. The maximum atomic E-state index is 5.80. The maximum Gasteiger partial charge on any atom is 0.331 e. The Labute approximate surface area is 213 Å². The van der Waals surface area contributed by atoms with E-state index in [0.717, 1.165) is 10.7 Å². The first-order valence-electron chi connectivity index (χ1n) is 8.60. The summed E-state index contributed by atoms with van der Waals surface area (Å²) >= 11 is 6.69. The summed E-state index contributed by atoms with van der Waals surface area (Å²) in [7, 11) is 0. The molecule has 0 aliphatic rings. The number of hydrogen-bond donors (Lipinski definition) is 0. The number of aromatic nitrogens is 3. The predicted molar refractivity (Wildman–Crippen MR) is 138 cm³/mol. The molecule has 0 N–H and O–H groups in total. The minimum absolute atomic E-state index is 0.0761. The number of halogens is 3. The van der Waals surface area contributed by atoms with Crippen LogP contribution in [-0.4, -0.2) is 15.0 Å². The standard InChI is InChI=1S/C21H12I3N3O3/c22-13-1-7-16(8-2-13)28-19-25-20(29-17-9-3-14(23)4-10-17)27-21(26-19)30-18-11-5-15(24)6-12-18/h1-12H. The molecule has 0 aliphatic heterocycles. The highest BCUT2D eigenvalue weighted by Gasteiger charge is 2.13. The van der Waals surface area contributed by atoms with Crippen LogP contribution < -0.4 is 14.2 Å². The first-order chi connectivity index (χ1) is 14.5. The average molecular weight is 735 g/mol. The lowest BCUT2D eigenvalue weighted by molar-refractivity contribution is 0.362. The van der Waals surface area contributed by atoms with Crippen molar-refractivity contribution in [1.29, 1.82) is 0 Å². The van der Waals surface area contributed by atoms with Crippen LogP contribution in [0, 0.1) is 10.7 Å². The molecule has 0 atom stereocenters. The van der Waals surface area contributed by atoms with Crippen molar-refractivity contribution in [2.75, 3.05) is 0 Å². The lowest BCUT2D eigenvalue weighted by atomic mass is 10.3. The van der Waals surface area contributed by atoms with Gasteiger partial charge in [0.1, 0.15) is 17.2 Å². The van der Waals surface area contributed by atoms with Gasteiger partial charge in [-0.25, -0.2) is 0 Å². The Balaban J connectivity index is 1.64. The zero-order valence-corrected chi connectivity index (χ0v) is 21.6. The number of benzene rings is 3. The Morgan fingerprint density at radius 2 is 0.633 bits per heavy atom. The van der Waals surface area contributed by atoms with Crippen LogP contribution in [0.2, 0.25) is 0 Å². The molecule has 0 amide bonds. The predicted octanol–water partition coefficient (Wildman–Crippen LogP) is 7.06. The van der Waals surface area contributed by atoms with Crippen molar-refractivity contribution in [2.45, 2.75) is 0 Å². The highest BCUT2D eigenvalue weighted by atomic mass is 127. The zero-order valence-electron chi connectivity index (χ0n) is 15.1. The molecule has 150 valence electrons. The van der Waals surface area contributed by atoms with Gasteiger partial charge in [0.25, 0.3) is 0 Å². The van der Waals surface area contributed by atoms with Crippen LogP contribution in [0.25, 0.3) is 0 Å². The molecule has 1 aromatic heterocycles. The Kier molecular flexibility index (Phi) is 7.20. The molecule has 1 heterocycles. The van der Waals surface area contributed by atoms with Gasteiger partial charge in [-0.3, -0.25) is 0 Å². The Morgan fingerprint density at radius 1 is 0.400 bits per heavy atom. The molecule has 0 spiro atoms. The maximum absolute atomic E-state index is 5.80. The van der Waals surface area contributed by atoms with Crippen LogP contribution in [0.15, 0.2) is 72.8 Å². The van der Waals surface area contributed by atoms with Crippen molar-refractivity contribution in [2.24, 2.45) is 0 Å². The van der Waals surface area contributed by atoms with Gasteiger partial charge >= 0.3 is 18.0 Å². The molecular formula is C21H12I3N3O3. The second-order valence-electron chi connectivity index (χ2n) is 5.85. The van der Waals surface area contributed by atoms with Crippen molar-refractivity contribution < 1.29 is 14.2 Å². The van der Waals surface area contributed by atoms with Crippen molar-refractivity contribution in [3.05, 3.63) is 83.5 Å². The van der Waals surface area contributed by atoms with Gasteiger partial charge in [0.15, 0.2) is 0 Å². The van der Waals surface area contributed by atoms with Gasteiger partial charge in [0, 0.05) is 10.7 Å². The summed E-state index contributed by atoms with van der Waals surface area (Å²) in [6.07, 6.45) is 0. The minimum atomic E-state index is 0.0761. The lowest BCUT2D eigenvalue weighted by Gasteiger charge is -2.10. The molecule has 3 aromatic carbocycles. The van der Waals surface area contributed by atoms with Crippen LogP contribution >= 0.6 is 67.8 Å². The summed E-state index contributed by atoms with van der Waals surface area (Å²) < 4.78 is 20.7. The fourth-order valence-electron chi connectivity index (χ4n) is 2.28. The molecule has 0 unspecified atom stereocenters. The Bertz CT molecular complexity index is 980. The van der Waals surface area contributed by atoms with Gasteiger partial charge in [-0.2, -0.15) is 0 Å². The van der Waals surface area contributed by atoms with E-state index in [-0.39, 0.29) is 18.0 Å². The molecule has 0 saturated heterocycles. The first-order valence-corrected chi connectivity index (χ1v) is 11.8.